The van der Waals surface area contributed by atoms with Crippen LogP contribution in [0.3, 0.4) is 0 Å². The summed E-state index contributed by atoms with van der Waals surface area (Å²) in [4.78, 5) is 1.53. The molecule has 1 aromatic rings. The van der Waals surface area contributed by atoms with Gasteiger partial charge in [0.05, 0.1) is 4.90 Å². The van der Waals surface area contributed by atoms with Gasteiger partial charge in [-0.2, -0.15) is 0 Å². The van der Waals surface area contributed by atoms with Crippen LogP contribution in [0.5, 0.6) is 0 Å². The Labute approximate surface area is 127 Å². The fourth-order valence-corrected chi connectivity index (χ4v) is 3.52. The van der Waals surface area contributed by atoms with Gasteiger partial charge in [0.15, 0.2) is 9.84 Å². The van der Waals surface area contributed by atoms with Gasteiger partial charge in [0.25, 0.3) is 0 Å². The van der Waals surface area contributed by atoms with Crippen molar-refractivity contribution in [3.05, 3.63) is 24.3 Å². The predicted molar refractivity (Wildman–Crippen MR) is 87.3 cm³/mol. The summed E-state index contributed by atoms with van der Waals surface area (Å²) >= 11 is 1.79. The first-order valence-electron chi connectivity index (χ1n) is 7.09. The van der Waals surface area contributed by atoms with Crippen LogP contribution in [0.1, 0.15) is 33.1 Å². The van der Waals surface area contributed by atoms with Gasteiger partial charge in [-0.1, -0.05) is 13.3 Å². The zero-order valence-corrected chi connectivity index (χ0v) is 14.2. The predicted octanol–water partition coefficient (Wildman–Crippen LogP) is 3.35. The summed E-state index contributed by atoms with van der Waals surface area (Å²) in [5.41, 5.74) is 0. The van der Waals surface area contributed by atoms with Crippen LogP contribution in [-0.2, 0) is 9.84 Å². The topological polar surface area (TPSA) is 46.2 Å². The summed E-state index contributed by atoms with van der Waals surface area (Å²) in [5, 5.41) is 3.41. The maximum Gasteiger partial charge on any atom is 0.175 e. The third-order valence-corrected chi connectivity index (χ3v) is 5.33. The molecule has 0 aliphatic rings. The molecule has 20 heavy (non-hydrogen) atoms. The van der Waals surface area contributed by atoms with Crippen LogP contribution >= 0.6 is 11.8 Å². The van der Waals surface area contributed by atoms with E-state index >= 15 is 0 Å². The van der Waals surface area contributed by atoms with E-state index in [9.17, 15) is 8.42 Å². The minimum absolute atomic E-state index is 0.390. The van der Waals surface area contributed by atoms with E-state index in [-0.39, 0.29) is 0 Å². The second-order valence-electron chi connectivity index (χ2n) is 5.05. The van der Waals surface area contributed by atoms with Crippen LogP contribution in [0.15, 0.2) is 34.1 Å². The number of hydrogen-bond acceptors (Lipinski definition) is 4. The Morgan fingerprint density at radius 2 is 1.85 bits per heavy atom. The summed E-state index contributed by atoms with van der Waals surface area (Å²) < 4.78 is 22.7. The van der Waals surface area contributed by atoms with E-state index in [1.807, 2.05) is 12.1 Å². The molecule has 3 nitrogen and oxygen atoms in total. The molecule has 0 fully saturated rings. The smallest absolute Gasteiger partial charge is 0.175 e. The molecule has 114 valence electrons. The number of rotatable bonds is 9. The minimum atomic E-state index is -3.08. The van der Waals surface area contributed by atoms with Gasteiger partial charge in [0, 0.05) is 17.2 Å². The lowest BCUT2D eigenvalue weighted by Crippen LogP contribution is -2.25. The molecule has 1 rings (SSSR count). The molecule has 1 atom stereocenters. The lowest BCUT2D eigenvalue weighted by Gasteiger charge is -2.11. The summed E-state index contributed by atoms with van der Waals surface area (Å²) in [6.07, 6.45) is 4.86. The van der Waals surface area contributed by atoms with Gasteiger partial charge in [-0.05, 0) is 56.3 Å². The van der Waals surface area contributed by atoms with E-state index in [1.165, 1.54) is 25.5 Å². The average Bonchev–Trinajstić information content (AvgIpc) is 2.38. The van der Waals surface area contributed by atoms with Crippen molar-refractivity contribution in [2.75, 3.05) is 18.6 Å². The average molecular weight is 316 g/mol. The fraction of sp³-hybridized carbons (Fsp3) is 0.600. The van der Waals surface area contributed by atoms with Crippen LogP contribution in [0, 0.1) is 0 Å². The highest BCUT2D eigenvalue weighted by Crippen LogP contribution is 2.21. The van der Waals surface area contributed by atoms with Gasteiger partial charge in [0.2, 0.25) is 0 Å². The summed E-state index contributed by atoms with van der Waals surface area (Å²) in [7, 11) is -3.08. The van der Waals surface area contributed by atoms with Gasteiger partial charge >= 0.3 is 0 Å². The lowest BCUT2D eigenvalue weighted by molar-refractivity contribution is 0.510. The van der Waals surface area contributed by atoms with Gasteiger partial charge in [0.1, 0.15) is 0 Å². The molecule has 0 saturated carbocycles. The van der Waals surface area contributed by atoms with Crippen molar-refractivity contribution in [1.29, 1.82) is 0 Å². The quantitative estimate of drug-likeness (QED) is 0.561. The van der Waals surface area contributed by atoms with Crippen LogP contribution in [0.2, 0.25) is 0 Å². The van der Waals surface area contributed by atoms with Crippen molar-refractivity contribution in [1.82, 2.24) is 5.32 Å². The number of nitrogens with one attached hydrogen (secondary N) is 1. The van der Waals surface area contributed by atoms with Gasteiger partial charge in [-0.25, -0.2) is 8.42 Å². The molecule has 0 aromatic heterocycles. The zero-order chi connectivity index (χ0) is 15.0. The maximum absolute atomic E-state index is 11.3. The van der Waals surface area contributed by atoms with E-state index in [1.54, 1.807) is 23.9 Å². The summed E-state index contributed by atoms with van der Waals surface area (Å²) in [5.74, 6) is 1.08. The van der Waals surface area contributed by atoms with E-state index in [4.69, 9.17) is 0 Å². The Morgan fingerprint density at radius 1 is 1.20 bits per heavy atom. The highest BCUT2D eigenvalue weighted by molar-refractivity contribution is 7.99. The highest BCUT2D eigenvalue weighted by Gasteiger charge is 2.06. The van der Waals surface area contributed by atoms with E-state index in [2.05, 4.69) is 19.2 Å². The third kappa shape index (κ3) is 6.77. The Bertz CT molecular complexity index is 483. The minimum Gasteiger partial charge on any atom is -0.315 e. The molecule has 0 saturated heterocycles. The van der Waals surface area contributed by atoms with E-state index < -0.39 is 9.84 Å². The van der Waals surface area contributed by atoms with Crippen LogP contribution in [0.4, 0.5) is 0 Å². The summed E-state index contributed by atoms with van der Waals surface area (Å²) in [6, 6.07) is 7.75. The Morgan fingerprint density at radius 3 is 2.40 bits per heavy atom. The second kappa shape index (κ2) is 8.70. The first-order chi connectivity index (χ1) is 9.43. The standard InChI is InChI=1S/C15H25NO2S2/c1-4-16-13(2)7-5-6-12-19-14-8-10-15(11-9-14)20(3,17)18/h8-11,13,16H,4-7,12H2,1-3H3. The SMILES string of the molecule is CCNC(C)CCCCSc1ccc(S(C)(=O)=O)cc1. The van der Waals surface area contributed by atoms with Crippen molar-refractivity contribution in [3.8, 4) is 0 Å². The molecule has 0 aliphatic heterocycles. The van der Waals surface area contributed by atoms with Crippen molar-refractivity contribution in [2.45, 2.75) is 48.9 Å². The Hall–Kier alpha value is -0.520. The largest absolute Gasteiger partial charge is 0.315 e. The fourth-order valence-electron chi connectivity index (χ4n) is 1.98. The highest BCUT2D eigenvalue weighted by atomic mass is 32.2. The molecule has 0 amide bonds. The normalized spacial score (nSPS) is 13.3. The van der Waals surface area contributed by atoms with Crippen molar-refractivity contribution >= 4 is 21.6 Å². The third-order valence-electron chi connectivity index (χ3n) is 3.10. The first-order valence-corrected chi connectivity index (χ1v) is 9.97. The molecule has 0 spiro atoms. The molecule has 5 heteroatoms. The van der Waals surface area contributed by atoms with Gasteiger partial charge in [-0.3, -0.25) is 0 Å². The van der Waals surface area contributed by atoms with Crippen molar-refractivity contribution in [2.24, 2.45) is 0 Å². The van der Waals surface area contributed by atoms with E-state index in [0.29, 0.717) is 10.9 Å². The molecule has 0 bridgehead atoms. The number of unbranched alkanes of at least 4 members (excludes halogenated alkanes) is 1. The maximum atomic E-state index is 11.3. The van der Waals surface area contributed by atoms with Crippen LogP contribution in [-0.4, -0.2) is 33.0 Å². The molecule has 0 aliphatic carbocycles. The Kier molecular flexibility index (Phi) is 7.62. The number of sulfone groups is 1. The zero-order valence-electron chi connectivity index (χ0n) is 12.6. The molecule has 1 N–H and O–H groups in total. The monoisotopic (exact) mass is 315 g/mol. The Balaban J connectivity index is 2.26. The number of benzene rings is 1. The van der Waals surface area contributed by atoms with Crippen LogP contribution < -0.4 is 5.32 Å². The molecule has 1 unspecified atom stereocenters. The summed E-state index contributed by atoms with van der Waals surface area (Å²) in [6.45, 7) is 5.38. The second-order valence-corrected chi connectivity index (χ2v) is 8.23. The number of hydrogen-bond donors (Lipinski definition) is 1. The van der Waals surface area contributed by atoms with Crippen molar-refractivity contribution in [3.63, 3.8) is 0 Å². The first kappa shape index (κ1) is 17.5. The van der Waals surface area contributed by atoms with E-state index in [0.717, 1.165) is 17.2 Å². The van der Waals surface area contributed by atoms with Gasteiger partial charge < -0.3 is 5.32 Å². The van der Waals surface area contributed by atoms with Crippen molar-refractivity contribution < 1.29 is 8.42 Å². The molecule has 0 radical (unpaired) electrons. The molecule has 1 aromatic carbocycles. The van der Waals surface area contributed by atoms with Crippen LogP contribution in [0.25, 0.3) is 0 Å². The molecular weight excluding hydrogens is 290 g/mol. The molecule has 0 heterocycles. The lowest BCUT2D eigenvalue weighted by atomic mass is 10.1. The van der Waals surface area contributed by atoms with Gasteiger partial charge in [-0.15, -0.1) is 11.8 Å². The number of thioether (sulfide) groups is 1. The molecular formula is C15H25NO2S2.